The Labute approximate surface area is 134 Å². The predicted molar refractivity (Wildman–Crippen MR) is 93.5 cm³/mol. The largest absolute Gasteiger partial charge is 0.348 e. The summed E-state index contributed by atoms with van der Waals surface area (Å²) in [5.74, 6) is 0. The lowest BCUT2D eigenvalue weighted by molar-refractivity contribution is 0.558. The molecule has 0 bridgehead atoms. The van der Waals surface area contributed by atoms with Crippen LogP contribution in [0.25, 0.3) is 0 Å². The van der Waals surface area contributed by atoms with E-state index in [1.54, 1.807) is 0 Å². The predicted octanol–water partition coefficient (Wildman–Crippen LogP) is 4.32. The number of hydrogen-bond donors (Lipinski definition) is 1. The second-order valence-electron chi connectivity index (χ2n) is 7.16. The van der Waals surface area contributed by atoms with Crippen LogP contribution < -0.4 is 10.2 Å². The minimum absolute atomic E-state index is 0.124. The highest BCUT2D eigenvalue weighted by atomic mass is 32.1. The topological polar surface area (TPSA) is 28.2 Å². The van der Waals surface area contributed by atoms with E-state index in [0.29, 0.717) is 0 Å². The van der Waals surface area contributed by atoms with Crippen LogP contribution in [0.5, 0.6) is 0 Å². The molecule has 0 atom stereocenters. The molecule has 0 unspecified atom stereocenters. The number of aromatic nitrogens is 1. The van der Waals surface area contributed by atoms with Gasteiger partial charge in [0.2, 0.25) is 0 Å². The molecule has 1 heterocycles. The highest BCUT2D eigenvalue weighted by Gasteiger charge is 2.27. The summed E-state index contributed by atoms with van der Waals surface area (Å²) < 4.78 is 0. The molecule has 0 aliphatic heterocycles. The Morgan fingerprint density at radius 2 is 1.81 bits per heavy atom. The van der Waals surface area contributed by atoms with Crippen LogP contribution in [-0.2, 0) is 12.0 Å². The van der Waals surface area contributed by atoms with Crippen molar-refractivity contribution in [3.63, 3.8) is 0 Å². The molecule has 120 valence electrons. The molecular weight excluding hydrogens is 278 g/mol. The van der Waals surface area contributed by atoms with Crippen molar-refractivity contribution in [3.8, 4) is 0 Å². The van der Waals surface area contributed by atoms with Gasteiger partial charge in [-0.2, -0.15) is 0 Å². The van der Waals surface area contributed by atoms with Crippen LogP contribution >= 0.6 is 11.3 Å². The van der Waals surface area contributed by atoms with Gasteiger partial charge in [-0.15, -0.1) is 11.3 Å². The van der Waals surface area contributed by atoms with Gasteiger partial charge in [-0.1, -0.05) is 34.6 Å². The van der Waals surface area contributed by atoms with E-state index in [0.717, 1.165) is 25.7 Å². The summed E-state index contributed by atoms with van der Waals surface area (Å²) in [5.41, 5.74) is 1.41. The summed E-state index contributed by atoms with van der Waals surface area (Å²) in [6, 6.07) is 0.755. The van der Waals surface area contributed by atoms with Crippen molar-refractivity contribution in [3.05, 3.63) is 10.6 Å². The Balaban J connectivity index is 2.20. The van der Waals surface area contributed by atoms with Crippen LogP contribution in [0.2, 0.25) is 0 Å². The number of thiazole rings is 1. The van der Waals surface area contributed by atoms with E-state index in [1.807, 2.05) is 11.3 Å². The highest BCUT2D eigenvalue weighted by molar-refractivity contribution is 7.15. The van der Waals surface area contributed by atoms with Crippen LogP contribution in [0.3, 0.4) is 0 Å². The Morgan fingerprint density at radius 1 is 1.19 bits per heavy atom. The number of rotatable bonds is 8. The first-order chi connectivity index (χ1) is 9.95. The Morgan fingerprint density at radius 3 is 2.29 bits per heavy atom. The molecule has 0 radical (unpaired) electrons. The van der Waals surface area contributed by atoms with E-state index in [1.165, 1.54) is 41.4 Å². The van der Waals surface area contributed by atoms with Gasteiger partial charge < -0.3 is 10.2 Å². The smallest absolute Gasteiger partial charge is 0.185 e. The van der Waals surface area contributed by atoms with Crippen molar-refractivity contribution < 1.29 is 0 Å². The van der Waals surface area contributed by atoms with Crippen LogP contribution in [0.15, 0.2) is 0 Å². The van der Waals surface area contributed by atoms with Crippen LogP contribution in [0.4, 0.5) is 5.13 Å². The Bertz CT molecular complexity index is 437. The van der Waals surface area contributed by atoms with Crippen LogP contribution in [0, 0.1) is 0 Å². The summed E-state index contributed by atoms with van der Waals surface area (Å²) in [4.78, 5) is 8.91. The minimum Gasteiger partial charge on any atom is -0.348 e. The number of nitrogens with one attached hydrogen (secondary N) is 1. The van der Waals surface area contributed by atoms with Gasteiger partial charge in [0.15, 0.2) is 5.13 Å². The Kier molecular flexibility index (Phi) is 5.67. The van der Waals surface area contributed by atoms with E-state index in [9.17, 15) is 0 Å². The van der Waals surface area contributed by atoms with E-state index >= 15 is 0 Å². The van der Waals surface area contributed by atoms with Gasteiger partial charge in [0, 0.05) is 36.0 Å². The van der Waals surface area contributed by atoms with Gasteiger partial charge in [-0.25, -0.2) is 4.98 Å². The fraction of sp³-hybridized carbons (Fsp3) is 0.824. The molecule has 1 saturated carbocycles. The molecule has 1 fully saturated rings. The number of nitrogens with zero attached hydrogens (tertiary/aromatic N) is 2. The third-order valence-corrected chi connectivity index (χ3v) is 4.90. The zero-order chi connectivity index (χ0) is 15.5. The van der Waals surface area contributed by atoms with E-state index in [2.05, 4.69) is 44.8 Å². The fourth-order valence-corrected chi connectivity index (χ4v) is 3.82. The van der Waals surface area contributed by atoms with Gasteiger partial charge >= 0.3 is 0 Å². The van der Waals surface area contributed by atoms with E-state index in [-0.39, 0.29) is 5.41 Å². The van der Waals surface area contributed by atoms with Crippen LogP contribution in [-0.4, -0.2) is 24.1 Å². The first-order valence-electron chi connectivity index (χ1n) is 8.44. The van der Waals surface area contributed by atoms with Gasteiger partial charge in [0.05, 0.1) is 5.69 Å². The van der Waals surface area contributed by atoms with E-state index < -0.39 is 0 Å². The standard InChI is InChI=1S/C17H31N3S/c1-6-10-20(11-7-2)16-19-15(17(3,4)5)14(21-16)12-18-13-8-9-13/h13,18H,6-12H2,1-5H3. The normalized spacial score (nSPS) is 15.5. The molecule has 0 spiro atoms. The lowest BCUT2D eigenvalue weighted by Crippen LogP contribution is -2.25. The van der Waals surface area contributed by atoms with Gasteiger partial charge in [-0.3, -0.25) is 0 Å². The molecule has 1 N–H and O–H groups in total. The molecule has 0 aromatic carbocycles. The molecule has 2 rings (SSSR count). The molecule has 0 amide bonds. The van der Waals surface area contributed by atoms with E-state index in [4.69, 9.17) is 4.98 Å². The molecule has 0 saturated heterocycles. The fourth-order valence-electron chi connectivity index (χ4n) is 2.55. The quantitative estimate of drug-likeness (QED) is 0.775. The summed E-state index contributed by atoms with van der Waals surface area (Å²) in [5, 5.41) is 4.87. The maximum absolute atomic E-state index is 5.02. The molecule has 1 aromatic rings. The van der Waals surface area contributed by atoms with Crippen molar-refractivity contribution in [2.45, 2.75) is 78.3 Å². The average molecular weight is 310 g/mol. The zero-order valence-corrected chi connectivity index (χ0v) is 15.1. The van der Waals surface area contributed by atoms with Gasteiger partial charge in [0.25, 0.3) is 0 Å². The first kappa shape index (κ1) is 16.8. The summed E-state index contributed by atoms with van der Waals surface area (Å²) in [6.07, 6.45) is 5.04. The summed E-state index contributed by atoms with van der Waals surface area (Å²) in [7, 11) is 0. The van der Waals surface area contributed by atoms with Crippen molar-refractivity contribution in [1.82, 2.24) is 10.3 Å². The number of hydrogen-bond acceptors (Lipinski definition) is 4. The number of anilines is 1. The minimum atomic E-state index is 0.124. The molecule has 3 nitrogen and oxygen atoms in total. The molecule has 21 heavy (non-hydrogen) atoms. The van der Waals surface area contributed by atoms with Gasteiger partial charge in [-0.05, 0) is 25.7 Å². The lowest BCUT2D eigenvalue weighted by atomic mass is 9.91. The summed E-state index contributed by atoms with van der Waals surface area (Å²) in [6.45, 7) is 14.5. The molecule has 4 heteroatoms. The third-order valence-electron chi connectivity index (χ3n) is 3.78. The maximum atomic E-state index is 5.02. The van der Waals surface area contributed by atoms with Crippen molar-refractivity contribution >= 4 is 16.5 Å². The maximum Gasteiger partial charge on any atom is 0.185 e. The van der Waals surface area contributed by atoms with Crippen molar-refractivity contribution in [1.29, 1.82) is 0 Å². The van der Waals surface area contributed by atoms with Crippen molar-refractivity contribution in [2.75, 3.05) is 18.0 Å². The zero-order valence-electron chi connectivity index (χ0n) is 14.3. The molecular formula is C17H31N3S. The lowest BCUT2D eigenvalue weighted by Gasteiger charge is -2.21. The van der Waals surface area contributed by atoms with Crippen LogP contribution in [0.1, 0.15) is 70.9 Å². The molecule has 1 aliphatic rings. The molecule has 1 aliphatic carbocycles. The Hall–Kier alpha value is -0.610. The third kappa shape index (κ3) is 4.68. The summed E-state index contributed by atoms with van der Waals surface area (Å²) >= 11 is 1.90. The second-order valence-corrected chi connectivity index (χ2v) is 8.22. The average Bonchev–Trinajstić information content (AvgIpc) is 3.13. The monoisotopic (exact) mass is 309 g/mol. The highest BCUT2D eigenvalue weighted by Crippen LogP contribution is 2.34. The van der Waals surface area contributed by atoms with Crippen molar-refractivity contribution in [2.24, 2.45) is 0 Å². The first-order valence-corrected chi connectivity index (χ1v) is 9.25. The molecule has 1 aromatic heterocycles. The SMILES string of the molecule is CCCN(CCC)c1nc(C(C)(C)C)c(CNC2CC2)s1. The van der Waals surface area contributed by atoms with Gasteiger partial charge in [0.1, 0.15) is 0 Å². The second kappa shape index (κ2) is 7.10.